The van der Waals surface area contributed by atoms with Crippen LogP contribution < -0.4 is 0 Å². The van der Waals surface area contributed by atoms with Crippen LogP contribution in [-0.2, 0) is 9.47 Å². The molecule has 0 saturated carbocycles. The average Bonchev–Trinajstić information content (AvgIpc) is 3.18. The van der Waals surface area contributed by atoms with Crippen LogP contribution in [0.3, 0.4) is 0 Å². The number of carbonyl (C=O) groups is 2. The van der Waals surface area contributed by atoms with E-state index in [0.29, 0.717) is 13.2 Å². The molecular formula is C48H88N2O4. The van der Waals surface area contributed by atoms with Gasteiger partial charge < -0.3 is 19.3 Å². The summed E-state index contributed by atoms with van der Waals surface area (Å²) in [5, 5.41) is 0. The van der Waals surface area contributed by atoms with E-state index < -0.39 is 11.9 Å². The van der Waals surface area contributed by atoms with E-state index in [0.717, 1.165) is 39.0 Å². The fraction of sp³-hybridized carbons (Fsp3) is 0.833. The predicted octanol–water partition coefficient (Wildman–Crippen LogP) is 13.6. The lowest BCUT2D eigenvalue weighted by Crippen LogP contribution is -2.23. The molecule has 0 spiro atoms. The number of benzene rings is 1. The lowest BCUT2D eigenvalue weighted by molar-refractivity contribution is 0.0444. The summed E-state index contributed by atoms with van der Waals surface area (Å²) in [5.41, 5.74) is 0.571. The van der Waals surface area contributed by atoms with Gasteiger partial charge in [0.15, 0.2) is 0 Å². The summed E-state index contributed by atoms with van der Waals surface area (Å²) in [5.74, 6) is -0.907. The second-order valence-corrected chi connectivity index (χ2v) is 16.3. The van der Waals surface area contributed by atoms with Gasteiger partial charge in [0.05, 0.1) is 24.3 Å². The Morgan fingerprint density at radius 2 is 0.630 bits per heavy atom. The molecule has 0 heterocycles. The van der Waals surface area contributed by atoms with Crippen molar-refractivity contribution in [1.82, 2.24) is 9.80 Å². The first kappa shape index (κ1) is 50.1. The van der Waals surface area contributed by atoms with Crippen LogP contribution in [0.15, 0.2) is 24.3 Å². The average molecular weight is 757 g/mol. The normalized spacial score (nSPS) is 11.5. The fourth-order valence-corrected chi connectivity index (χ4v) is 7.37. The van der Waals surface area contributed by atoms with Gasteiger partial charge in [0.25, 0.3) is 0 Å². The summed E-state index contributed by atoms with van der Waals surface area (Å²) < 4.78 is 11.1. The molecule has 54 heavy (non-hydrogen) atoms. The maximum absolute atomic E-state index is 12.9. The van der Waals surface area contributed by atoms with Crippen LogP contribution in [-0.4, -0.2) is 75.2 Å². The Morgan fingerprint density at radius 1 is 0.389 bits per heavy atom. The van der Waals surface area contributed by atoms with Gasteiger partial charge in [0, 0.05) is 13.1 Å². The summed E-state index contributed by atoms with van der Waals surface area (Å²) in [4.78, 5) is 30.4. The molecule has 0 aliphatic heterocycles. The molecule has 0 saturated heterocycles. The number of hydrogen-bond acceptors (Lipinski definition) is 6. The molecule has 1 rings (SSSR count). The second-order valence-electron chi connectivity index (χ2n) is 16.3. The van der Waals surface area contributed by atoms with Crippen molar-refractivity contribution in [2.75, 3.05) is 53.5 Å². The number of unbranched alkanes of at least 4 members (excludes halogenated alkanes) is 26. The Morgan fingerprint density at radius 3 is 0.907 bits per heavy atom. The van der Waals surface area contributed by atoms with Crippen molar-refractivity contribution in [3.8, 4) is 0 Å². The third-order valence-corrected chi connectivity index (χ3v) is 11.0. The summed E-state index contributed by atoms with van der Waals surface area (Å²) in [6.45, 7) is 9.20. The first-order valence-corrected chi connectivity index (χ1v) is 23.3. The maximum Gasteiger partial charge on any atom is 0.339 e. The molecule has 0 amide bonds. The number of esters is 2. The smallest absolute Gasteiger partial charge is 0.339 e. The van der Waals surface area contributed by atoms with Gasteiger partial charge in [-0.1, -0.05) is 193 Å². The third-order valence-electron chi connectivity index (χ3n) is 11.0. The standard InChI is InChI=1S/C48H88N2O4/c1-5-7-9-11-13-15-17-19-21-23-25-27-29-33-39-49(3)41-35-43-53-47(51)45-37-31-32-38-46(45)48(52)54-44-36-42-50(4)40-34-30-28-26-24-22-20-18-16-14-12-10-8-6-2/h31-32,37-38H,5-30,33-36,39-44H2,1-4H3. The zero-order valence-corrected chi connectivity index (χ0v) is 36.3. The molecule has 0 aliphatic rings. The van der Waals surface area contributed by atoms with Gasteiger partial charge in [-0.25, -0.2) is 9.59 Å². The molecule has 0 aliphatic carbocycles. The van der Waals surface area contributed by atoms with Gasteiger partial charge in [-0.3, -0.25) is 0 Å². The van der Waals surface area contributed by atoms with E-state index in [2.05, 4.69) is 37.7 Å². The molecule has 0 unspecified atom stereocenters. The van der Waals surface area contributed by atoms with E-state index in [4.69, 9.17) is 9.47 Å². The molecule has 0 radical (unpaired) electrons. The molecule has 0 aromatic heterocycles. The minimum Gasteiger partial charge on any atom is -0.462 e. The molecule has 1 aromatic rings. The van der Waals surface area contributed by atoms with Crippen LogP contribution >= 0.6 is 0 Å². The summed E-state index contributed by atoms with van der Waals surface area (Å²) in [6.07, 6.45) is 40.1. The lowest BCUT2D eigenvalue weighted by Gasteiger charge is -2.17. The molecule has 1 aromatic carbocycles. The van der Waals surface area contributed by atoms with Crippen LogP contribution in [0.5, 0.6) is 0 Å². The molecule has 6 heteroatoms. The van der Waals surface area contributed by atoms with E-state index in [9.17, 15) is 9.59 Å². The zero-order chi connectivity index (χ0) is 39.2. The topological polar surface area (TPSA) is 59.1 Å². The summed E-state index contributed by atoms with van der Waals surface area (Å²) in [7, 11) is 4.29. The second kappa shape index (κ2) is 38.0. The van der Waals surface area contributed by atoms with Crippen molar-refractivity contribution in [2.24, 2.45) is 0 Å². The number of ether oxygens (including phenoxy) is 2. The zero-order valence-electron chi connectivity index (χ0n) is 36.3. The predicted molar refractivity (Wildman–Crippen MR) is 232 cm³/mol. The highest BCUT2D eigenvalue weighted by molar-refractivity contribution is 6.03. The number of nitrogens with zero attached hydrogens (tertiary/aromatic N) is 2. The Balaban J connectivity index is 2.05. The molecule has 0 atom stereocenters. The largest absolute Gasteiger partial charge is 0.462 e. The molecule has 0 fully saturated rings. The van der Waals surface area contributed by atoms with Crippen LogP contribution in [0, 0.1) is 0 Å². The molecule has 6 nitrogen and oxygen atoms in total. The lowest BCUT2D eigenvalue weighted by atomic mass is 10.0. The third kappa shape index (κ3) is 30.3. The van der Waals surface area contributed by atoms with E-state index in [1.54, 1.807) is 24.3 Å². The van der Waals surface area contributed by atoms with Gasteiger partial charge in [0.2, 0.25) is 0 Å². The van der Waals surface area contributed by atoms with Gasteiger partial charge in [0.1, 0.15) is 0 Å². The molecular weight excluding hydrogens is 669 g/mol. The van der Waals surface area contributed by atoms with E-state index >= 15 is 0 Å². The van der Waals surface area contributed by atoms with E-state index in [1.165, 1.54) is 180 Å². The van der Waals surface area contributed by atoms with Gasteiger partial charge in [-0.15, -0.1) is 0 Å². The fourth-order valence-electron chi connectivity index (χ4n) is 7.37. The van der Waals surface area contributed by atoms with Crippen molar-refractivity contribution >= 4 is 11.9 Å². The quantitative estimate of drug-likeness (QED) is 0.0491. The Kier molecular flexibility index (Phi) is 35.2. The van der Waals surface area contributed by atoms with Crippen molar-refractivity contribution in [2.45, 2.75) is 206 Å². The maximum atomic E-state index is 12.9. The molecule has 314 valence electrons. The van der Waals surface area contributed by atoms with Crippen LogP contribution in [0.4, 0.5) is 0 Å². The summed E-state index contributed by atoms with van der Waals surface area (Å²) >= 11 is 0. The minimum atomic E-state index is -0.454. The summed E-state index contributed by atoms with van der Waals surface area (Å²) in [6, 6.07) is 6.85. The van der Waals surface area contributed by atoms with Crippen molar-refractivity contribution in [3.63, 3.8) is 0 Å². The molecule has 0 N–H and O–H groups in total. The first-order chi connectivity index (χ1) is 26.5. The van der Waals surface area contributed by atoms with Crippen molar-refractivity contribution in [1.29, 1.82) is 0 Å². The SMILES string of the molecule is CCCCCCCCCCCCCCCCN(C)CCCOC(=O)c1ccccc1C(=O)OCCCN(C)CCCCCCCCCCCCCCCC. The number of rotatable bonds is 40. The number of hydrogen-bond donors (Lipinski definition) is 0. The van der Waals surface area contributed by atoms with Gasteiger partial charge >= 0.3 is 11.9 Å². The van der Waals surface area contributed by atoms with E-state index in [-0.39, 0.29) is 11.1 Å². The molecule has 0 bridgehead atoms. The first-order valence-electron chi connectivity index (χ1n) is 23.3. The monoisotopic (exact) mass is 757 g/mol. The van der Waals surface area contributed by atoms with Crippen LogP contribution in [0.2, 0.25) is 0 Å². The Bertz CT molecular complexity index is 908. The highest BCUT2D eigenvalue weighted by Gasteiger charge is 2.19. The van der Waals surface area contributed by atoms with Crippen molar-refractivity contribution < 1.29 is 19.1 Å². The van der Waals surface area contributed by atoms with Gasteiger partial charge in [-0.05, 0) is 65.0 Å². The number of carbonyl (C=O) groups excluding carboxylic acids is 2. The van der Waals surface area contributed by atoms with Crippen molar-refractivity contribution in [3.05, 3.63) is 35.4 Å². The van der Waals surface area contributed by atoms with Crippen LogP contribution in [0.25, 0.3) is 0 Å². The van der Waals surface area contributed by atoms with Gasteiger partial charge in [-0.2, -0.15) is 0 Å². The highest BCUT2D eigenvalue weighted by atomic mass is 16.5. The highest BCUT2D eigenvalue weighted by Crippen LogP contribution is 2.16. The Labute approximate surface area is 335 Å². The van der Waals surface area contributed by atoms with E-state index in [1.807, 2.05) is 0 Å². The minimum absolute atomic E-state index is 0.285. The Hall–Kier alpha value is -1.92. The van der Waals surface area contributed by atoms with Crippen LogP contribution in [0.1, 0.15) is 227 Å².